The number of hydrogen-bond acceptors (Lipinski definition) is 4. The summed E-state index contributed by atoms with van der Waals surface area (Å²) in [7, 11) is 0. The van der Waals surface area contributed by atoms with Crippen LogP contribution in [0.5, 0.6) is 0 Å². The summed E-state index contributed by atoms with van der Waals surface area (Å²) in [6.07, 6.45) is 5.21. The van der Waals surface area contributed by atoms with Crippen molar-refractivity contribution in [3.05, 3.63) is 29.8 Å². The summed E-state index contributed by atoms with van der Waals surface area (Å²) in [6.45, 7) is 2.07. The van der Waals surface area contributed by atoms with Crippen LogP contribution >= 0.6 is 0 Å². The molecular weight excluding hydrogens is 232 g/mol. The Morgan fingerprint density at radius 2 is 2.22 bits per heavy atom. The first kappa shape index (κ1) is 13.7. The van der Waals surface area contributed by atoms with Crippen molar-refractivity contribution in [3.63, 3.8) is 0 Å². The van der Waals surface area contributed by atoms with Crippen molar-refractivity contribution in [1.29, 1.82) is 0 Å². The lowest BCUT2D eigenvalue weighted by atomic mass is 10.2. The quantitative estimate of drug-likeness (QED) is 0.374. The average molecular weight is 246 g/mol. The van der Waals surface area contributed by atoms with Crippen LogP contribution in [-0.4, -0.2) is 11.1 Å². The summed E-state index contributed by atoms with van der Waals surface area (Å²) in [5, 5.41) is 15.9. The van der Waals surface area contributed by atoms with E-state index >= 15 is 0 Å². The molecule has 0 radical (unpaired) electrons. The minimum Gasteiger partial charge on any atom is -0.478 e. The van der Waals surface area contributed by atoms with Crippen LogP contribution < -0.4 is 0 Å². The SMILES string of the molecule is CCCCC#CON=Nc1ccccc1C(=O)O. The number of benzene rings is 1. The van der Waals surface area contributed by atoms with Gasteiger partial charge in [-0.05, 0) is 18.6 Å². The fourth-order valence-corrected chi connectivity index (χ4v) is 1.17. The second-order valence-corrected chi connectivity index (χ2v) is 3.48. The fraction of sp³-hybridized carbons (Fsp3) is 0.308. The van der Waals surface area contributed by atoms with Crippen LogP contribution in [0.4, 0.5) is 5.69 Å². The number of carboxylic acids is 1. The number of nitrogens with zero attached hydrogens (tertiary/aromatic N) is 2. The van der Waals surface area contributed by atoms with Crippen molar-refractivity contribution in [1.82, 2.24) is 0 Å². The van der Waals surface area contributed by atoms with Crippen LogP contribution in [0.25, 0.3) is 0 Å². The van der Waals surface area contributed by atoms with Gasteiger partial charge in [-0.1, -0.05) is 31.4 Å². The number of unbranched alkanes of at least 4 members (excludes halogenated alkanes) is 2. The maximum absolute atomic E-state index is 10.9. The zero-order valence-electron chi connectivity index (χ0n) is 10.1. The van der Waals surface area contributed by atoms with Gasteiger partial charge in [0.1, 0.15) is 5.69 Å². The van der Waals surface area contributed by atoms with Gasteiger partial charge in [-0.2, -0.15) is 0 Å². The lowest BCUT2D eigenvalue weighted by molar-refractivity contribution is 0.0697. The van der Waals surface area contributed by atoms with Crippen LogP contribution in [0.1, 0.15) is 36.5 Å². The molecule has 0 aliphatic carbocycles. The Labute approximate surface area is 105 Å². The van der Waals surface area contributed by atoms with Crippen molar-refractivity contribution in [3.8, 4) is 12.0 Å². The van der Waals surface area contributed by atoms with Crippen molar-refractivity contribution >= 4 is 11.7 Å². The number of rotatable bonds is 5. The molecule has 0 saturated heterocycles. The third-order valence-corrected chi connectivity index (χ3v) is 2.10. The van der Waals surface area contributed by atoms with E-state index in [-0.39, 0.29) is 11.3 Å². The van der Waals surface area contributed by atoms with Crippen molar-refractivity contribution in [2.75, 3.05) is 0 Å². The molecule has 94 valence electrons. The molecule has 1 N–H and O–H groups in total. The van der Waals surface area contributed by atoms with Crippen LogP contribution in [0, 0.1) is 12.0 Å². The van der Waals surface area contributed by atoms with Crippen molar-refractivity contribution < 1.29 is 14.7 Å². The Hall–Kier alpha value is -2.35. The molecule has 0 aliphatic rings. The van der Waals surface area contributed by atoms with Gasteiger partial charge in [-0.15, -0.1) is 5.11 Å². The summed E-state index contributed by atoms with van der Waals surface area (Å²) in [5.74, 6) is 1.71. The lowest BCUT2D eigenvalue weighted by Gasteiger charge is -1.96. The smallest absolute Gasteiger partial charge is 0.337 e. The standard InChI is InChI=1S/C13H14N2O3/c1-2-3-4-7-10-18-15-14-12-9-6-5-8-11(12)13(16)17/h5-6,8-9H,2-4H2,1H3,(H,16,17). The lowest BCUT2D eigenvalue weighted by Crippen LogP contribution is -1.95. The van der Waals surface area contributed by atoms with Gasteiger partial charge in [0.05, 0.1) is 5.56 Å². The zero-order valence-corrected chi connectivity index (χ0v) is 10.1. The van der Waals surface area contributed by atoms with Crippen molar-refractivity contribution in [2.24, 2.45) is 10.4 Å². The van der Waals surface area contributed by atoms with E-state index in [0.717, 1.165) is 19.3 Å². The molecule has 0 spiro atoms. The van der Waals surface area contributed by atoms with E-state index in [1.54, 1.807) is 18.2 Å². The third-order valence-electron chi connectivity index (χ3n) is 2.10. The third kappa shape index (κ3) is 4.66. The molecule has 0 unspecified atom stereocenters. The summed E-state index contributed by atoms with van der Waals surface area (Å²) in [5.41, 5.74) is 0.309. The van der Waals surface area contributed by atoms with Gasteiger partial charge in [-0.3, -0.25) is 4.84 Å². The molecule has 0 bridgehead atoms. The molecule has 0 amide bonds. The highest BCUT2D eigenvalue weighted by Gasteiger charge is 2.07. The first-order chi connectivity index (χ1) is 8.75. The number of aromatic carboxylic acids is 1. The van der Waals surface area contributed by atoms with Gasteiger partial charge >= 0.3 is 5.97 Å². The average Bonchev–Trinajstić information content (AvgIpc) is 2.38. The Morgan fingerprint density at radius 1 is 1.44 bits per heavy atom. The van der Waals surface area contributed by atoms with Crippen molar-refractivity contribution in [2.45, 2.75) is 26.2 Å². The van der Waals surface area contributed by atoms with Gasteiger partial charge < -0.3 is 5.11 Å². The molecule has 1 aromatic carbocycles. The maximum atomic E-state index is 10.9. The van der Waals surface area contributed by atoms with Gasteiger partial charge in [0, 0.05) is 11.7 Å². The molecule has 1 rings (SSSR count). The first-order valence-corrected chi connectivity index (χ1v) is 5.63. The van der Waals surface area contributed by atoms with Gasteiger partial charge in [0.15, 0.2) is 6.11 Å². The molecule has 0 atom stereocenters. The highest BCUT2D eigenvalue weighted by Crippen LogP contribution is 2.18. The Kier molecular flexibility index (Phi) is 5.98. The predicted molar refractivity (Wildman–Crippen MR) is 66.3 cm³/mol. The normalized spacial score (nSPS) is 9.83. The second kappa shape index (κ2) is 7.85. The van der Waals surface area contributed by atoms with Gasteiger partial charge in [-0.25, -0.2) is 4.79 Å². The second-order valence-electron chi connectivity index (χ2n) is 3.48. The zero-order chi connectivity index (χ0) is 13.2. The molecule has 0 aliphatic heterocycles. The van der Waals surface area contributed by atoms with E-state index in [1.807, 2.05) is 0 Å². The molecule has 0 saturated carbocycles. The van der Waals surface area contributed by atoms with E-state index in [9.17, 15) is 4.79 Å². The van der Waals surface area contributed by atoms with Gasteiger partial charge in [0.2, 0.25) is 0 Å². The van der Waals surface area contributed by atoms with E-state index in [1.165, 1.54) is 6.07 Å². The minimum atomic E-state index is -1.06. The number of carbonyl (C=O) groups is 1. The van der Waals surface area contributed by atoms with Crippen LogP contribution in [0.3, 0.4) is 0 Å². The van der Waals surface area contributed by atoms with Crippen LogP contribution in [-0.2, 0) is 4.84 Å². The Bertz CT molecular complexity index is 486. The minimum absolute atomic E-state index is 0.0730. The topological polar surface area (TPSA) is 71.2 Å². The summed E-state index contributed by atoms with van der Waals surface area (Å²) in [6, 6.07) is 6.28. The molecule has 0 heterocycles. The summed E-state index contributed by atoms with van der Waals surface area (Å²) in [4.78, 5) is 15.5. The molecule has 5 nitrogen and oxygen atoms in total. The Balaban J connectivity index is 2.56. The molecule has 5 heteroatoms. The maximum Gasteiger partial charge on any atom is 0.337 e. The van der Waals surface area contributed by atoms with E-state index < -0.39 is 5.97 Å². The summed E-state index contributed by atoms with van der Waals surface area (Å²) < 4.78 is 0. The Morgan fingerprint density at radius 3 is 2.94 bits per heavy atom. The monoisotopic (exact) mass is 246 g/mol. The van der Waals surface area contributed by atoms with E-state index in [2.05, 4.69) is 34.2 Å². The number of carboxylic acid groups (broad SMARTS) is 1. The molecule has 1 aromatic rings. The fourth-order valence-electron chi connectivity index (χ4n) is 1.17. The largest absolute Gasteiger partial charge is 0.478 e. The highest BCUT2D eigenvalue weighted by atomic mass is 16.6. The highest BCUT2D eigenvalue weighted by molar-refractivity contribution is 5.93. The van der Waals surface area contributed by atoms with Gasteiger partial charge in [0.25, 0.3) is 0 Å². The molecule has 0 fully saturated rings. The summed E-state index contributed by atoms with van der Waals surface area (Å²) >= 11 is 0. The first-order valence-electron chi connectivity index (χ1n) is 5.63. The molecule has 18 heavy (non-hydrogen) atoms. The molecular formula is C13H14N2O3. The van der Waals surface area contributed by atoms with Crippen LogP contribution in [0.2, 0.25) is 0 Å². The van der Waals surface area contributed by atoms with E-state index in [4.69, 9.17) is 5.11 Å². The molecule has 0 aromatic heterocycles. The predicted octanol–water partition coefficient (Wildman–Crippen LogP) is 3.55. The number of hydrogen-bond donors (Lipinski definition) is 1. The van der Waals surface area contributed by atoms with E-state index in [0.29, 0.717) is 0 Å². The van der Waals surface area contributed by atoms with Crippen LogP contribution in [0.15, 0.2) is 34.7 Å².